The fourth-order valence-corrected chi connectivity index (χ4v) is 2.23. The van der Waals surface area contributed by atoms with Gasteiger partial charge < -0.3 is 4.98 Å². The van der Waals surface area contributed by atoms with Gasteiger partial charge in [-0.3, -0.25) is 10.0 Å². The van der Waals surface area contributed by atoms with Gasteiger partial charge in [-0.15, -0.1) is 0 Å². The van der Waals surface area contributed by atoms with E-state index in [1.54, 1.807) is 24.3 Å². The Bertz CT molecular complexity index is 847. The molecule has 1 amide bonds. The molecular weight excluding hydrogens is 297 g/mol. The zero-order valence-electron chi connectivity index (χ0n) is 10.5. The van der Waals surface area contributed by atoms with Gasteiger partial charge >= 0.3 is 0 Å². The second kappa shape index (κ2) is 5.16. The second-order valence-corrected chi connectivity index (χ2v) is 4.82. The molecule has 0 saturated carbocycles. The number of imidazole rings is 1. The van der Waals surface area contributed by atoms with Crippen molar-refractivity contribution in [2.75, 3.05) is 0 Å². The maximum Gasteiger partial charge on any atom is 0.277 e. The van der Waals surface area contributed by atoms with Crippen LogP contribution in [0.2, 0.25) is 5.02 Å². The summed E-state index contributed by atoms with van der Waals surface area (Å²) < 4.78 is 13.8. The number of hydroxylamine groups is 1. The first-order valence-corrected chi connectivity index (χ1v) is 6.36. The number of hydrogen-bond acceptors (Lipinski definition) is 3. The lowest BCUT2D eigenvalue weighted by atomic mass is 10.2. The number of halogens is 2. The second-order valence-electron chi connectivity index (χ2n) is 4.39. The maximum absolute atomic E-state index is 13.8. The molecule has 7 heteroatoms. The number of nitrogens with one attached hydrogen (secondary N) is 2. The molecule has 0 saturated heterocycles. The number of rotatable bonds is 2. The summed E-state index contributed by atoms with van der Waals surface area (Å²) in [6.45, 7) is 0. The topological polar surface area (TPSA) is 78.0 Å². The number of carbonyl (C=O) groups is 1. The van der Waals surface area contributed by atoms with Crippen LogP contribution in [0.3, 0.4) is 0 Å². The molecule has 0 unspecified atom stereocenters. The van der Waals surface area contributed by atoms with Gasteiger partial charge in [-0.25, -0.2) is 14.9 Å². The maximum atomic E-state index is 13.8. The molecule has 106 valence electrons. The fraction of sp³-hybridized carbons (Fsp3) is 0. The number of nitrogens with zero attached hydrogens (tertiary/aromatic N) is 1. The zero-order valence-corrected chi connectivity index (χ0v) is 11.3. The van der Waals surface area contributed by atoms with E-state index in [1.807, 2.05) is 0 Å². The van der Waals surface area contributed by atoms with Crippen LogP contribution in [0.4, 0.5) is 4.39 Å². The largest absolute Gasteiger partial charge is 0.338 e. The summed E-state index contributed by atoms with van der Waals surface area (Å²) in [4.78, 5) is 18.6. The molecule has 3 N–H and O–H groups in total. The predicted octanol–water partition coefficient (Wildman–Crippen LogP) is 3.14. The van der Waals surface area contributed by atoms with Crippen LogP contribution in [0.25, 0.3) is 22.4 Å². The molecule has 0 aliphatic heterocycles. The Morgan fingerprint density at radius 1 is 1.33 bits per heavy atom. The number of benzene rings is 2. The minimum Gasteiger partial charge on any atom is -0.338 e. The fourth-order valence-electron chi connectivity index (χ4n) is 2.04. The standard InChI is InChI=1S/C14H9ClFN3O2/c15-8-3-1-2-7(4-8)13-17-11-5-9(14(20)19-21)10(16)6-12(11)18-13/h1-6,21H,(H,17,18)(H,19,20). The van der Waals surface area contributed by atoms with Crippen molar-refractivity contribution in [1.82, 2.24) is 15.4 Å². The van der Waals surface area contributed by atoms with Crippen LogP contribution in [0.1, 0.15) is 10.4 Å². The van der Waals surface area contributed by atoms with Gasteiger partial charge in [0, 0.05) is 16.7 Å². The molecule has 3 aromatic rings. The molecule has 1 heterocycles. The third-order valence-electron chi connectivity index (χ3n) is 3.01. The van der Waals surface area contributed by atoms with Crippen molar-refractivity contribution in [2.24, 2.45) is 0 Å². The van der Waals surface area contributed by atoms with E-state index in [0.29, 0.717) is 21.9 Å². The Morgan fingerprint density at radius 3 is 2.86 bits per heavy atom. The Balaban J connectivity index is 2.14. The highest BCUT2D eigenvalue weighted by Gasteiger charge is 2.15. The molecule has 3 rings (SSSR count). The lowest BCUT2D eigenvalue weighted by Gasteiger charge is -2.00. The van der Waals surface area contributed by atoms with Crippen LogP contribution in [0, 0.1) is 5.82 Å². The summed E-state index contributed by atoms with van der Waals surface area (Å²) >= 11 is 5.92. The number of H-pyrrole nitrogens is 1. The van der Waals surface area contributed by atoms with Crippen LogP contribution >= 0.6 is 11.6 Å². The van der Waals surface area contributed by atoms with Crippen LogP contribution in [-0.4, -0.2) is 21.1 Å². The Kier molecular flexibility index (Phi) is 3.32. The van der Waals surface area contributed by atoms with Crippen molar-refractivity contribution in [3.8, 4) is 11.4 Å². The number of aromatic nitrogens is 2. The first kappa shape index (κ1) is 13.5. The van der Waals surface area contributed by atoms with Gasteiger partial charge in [-0.2, -0.15) is 0 Å². The van der Waals surface area contributed by atoms with E-state index < -0.39 is 11.7 Å². The third kappa shape index (κ3) is 2.46. The molecule has 5 nitrogen and oxygen atoms in total. The molecule has 2 aromatic carbocycles. The first-order chi connectivity index (χ1) is 10.1. The van der Waals surface area contributed by atoms with Crippen LogP contribution in [0.5, 0.6) is 0 Å². The lowest BCUT2D eigenvalue weighted by Crippen LogP contribution is -2.19. The molecule has 0 bridgehead atoms. The van der Waals surface area contributed by atoms with E-state index in [1.165, 1.54) is 11.5 Å². The van der Waals surface area contributed by atoms with E-state index in [0.717, 1.165) is 11.6 Å². The molecule has 1 aromatic heterocycles. The summed E-state index contributed by atoms with van der Waals surface area (Å²) in [5.41, 5.74) is 2.72. The van der Waals surface area contributed by atoms with E-state index in [2.05, 4.69) is 9.97 Å². The highest BCUT2D eigenvalue weighted by Crippen LogP contribution is 2.24. The number of hydrogen-bond donors (Lipinski definition) is 3. The number of aromatic amines is 1. The van der Waals surface area contributed by atoms with E-state index in [9.17, 15) is 9.18 Å². The number of fused-ring (bicyclic) bond motifs is 1. The number of amides is 1. The smallest absolute Gasteiger partial charge is 0.277 e. The molecule has 0 spiro atoms. The molecule has 0 radical (unpaired) electrons. The minimum absolute atomic E-state index is 0.272. The summed E-state index contributed by atoms with van der Waals surface area (Å²) in [6.07, 6.45) is 0. The van der Waals surface area contributed by atoms with E-state index in [-0.39, 0.29) is 5.56 Å². The molecule has 0 atom stereocenters. The molecular formula is C14H9ClFN3O2. The van der Waals surface area contributed by atoms with Gasteiger partial charge in [-0.05, 0) is 18.2 Å². The summed E-state index contributed by atoms with van der Waals surface area (Å²) in [7, 11) is 0. The number of carbonyl (C=O) groups excluding carboxylic acids is 1. The van der Waals surface area contributed by atoms with Crippen molar-refractivity contribution in [2.45, 2.75) is 0 Å². The van der Waals surface area contributed by atoms with Crippen LogP contribution in [0.15, 0.2) is 36.4 Å². The van der Waals surface area contributed by atoms with Crippen molar-refractivity contribution in [1.29, 1.82) is 0 Å². The van der Waals surface area contributed by atoms with Crippen LogP contribution in [-0.2, 0) is 0 Å². The molecule has 21 heavy (non-hydrogen) atoms. The highest BCUT2D eigenvalue weighted by molar-refractivity contribution is 6.30. The van der Waals surface area contributed by atoms with Gasteiger partial charge in [0.15, 0.2) is 0 Å². The van der Waals surface area contributed by atoms with Crippen LogP contribution < -0.4 is 5.48 Å². The highest BCUT2D eigenvalue weighted by atomic mass is 35.5. The normalized spacial score (nSPS) is 10.8. The Hall–Kier alpha value is -2.44. The average Bonchev–Trinajstić information content (AvgIpc) is 2.88. The Morgan fingerprint density at radius 2 is 2.14 bits per heavy atom. The van der Waals surface area contributed by atoms with Crippen molar-refractivity contribution >= 4 is 28.5 Å². The van der Waals surface area contributed by atoms with Gasteiger partial charge in [0.25, 0.3) is 5.91 Å². The molecule has 0 aliphatic rings. The first-order valence-electron chi connectivity index (χ1n) is 5.98. The lowest BCUT2D eigenvalue weighted by molar-refractivity contribution is 0.0702. The SMILES string of the molecule is O=C(NO)c1cc2[nH]c(-c3cccc(Cl)c3)nc2cc1F. The quantitative estimate of drug-likeness (QED) is 0.503. The average molecular weight is 306 g/mol. The van der Waals surface area contributed by atoms with E-state index >= 15 is 0 Å². The van der Waals surface area contributed by atoms with Crippen molar-refractivity contribution < 1.29 is 14.4 Å². The van der Waals surface area contributed by atoms with Gasteiger partial charge in [-0.1, -0.05) is 23.7 Å². The summed E-state index contributed by atoms with van der Waals surface area (Å²) in [6, 6.07) is 9.45. The zero-order chi connectivity index (χ0) is 15.0. The monoisotopic (exact) mass is 305 g/mol. The van der Waals surface area contributed by atoms with Crippen molar-refractivity contribution in [3.05, 3.63) is 52.8 Å². The summed E-state index contributed by atoms with van der Waals surface area (Å²) in [5, 5.41) is 9.15. The predicted molar refractivity (Wildman–Crippen MR) is 75.8 cm³/mol. The summed E-state index contributed by atoms with van der Waals surface area (Å²) in [5.74, 6) is -1.18. The molecule has 0 fully saturated rings. The van der Waals surface area contributed by atoms with Gasteiger partial charge in [0.1, 0.15) is 11.6 Å². The minimum atomic E-state index is -0.923. The van der Waals surface area contributed by atoms with Crippen molar-refractivity contribution in [3.63, 3.8) is 0 Å². The van der Waals surface area contributed by atoms with E-state index in [4.69, 9.17) is 16.8 Å². The molecule has 0 aliphatic carbocycles. The third-order valence-corrected chi connectivity index (χ3v) is 3.25. The van der Waals surface area contributed by atoms with Gasteiger partial charge in [0.2, 0.25) is 0 Å². The Labute approximate surface area is 123 Å². The van der Waals surface area contributed by atoms with Gasteiger partial charge in [0.05, 0.1) is 16.6 Å².